The predicted molar refractivity (Wildman–Crippen MR) is 179 cm³/mol. The molecule has 282 valence electrons. The average molecular weight is 721 g/mol. The van der Waals surface area contributed by atoms with Gasteiger partial charge in [-0.15, -0.1) is 0 Å². The minimum absolute atomic E-state index is 0.0128. The number of hydrogen-bond donors (Lipinski definition) is 8. The van der Waals surface area contributed by atoms with Crippen LogP contribution in [0.15, 0.2) is 30.3 Å². The molecule has 0 radical (unpaired) electrons. The molecule has 3 atom stereocenters. The molecule has 0 aliphatic carbocycles. The van der Waals surface area contributed by atoms with Crippen LogP contribution in [0.2, 0.25) is 0 Å². The highest BCUT2D eigenvalue weighted by Gasteiger charge is 2.30. The first-order valence-electron chi connectivity index (χ1n) is 16.0. The molecule has 0 aliphatic rings. The Kier molecular flexibility index (Phi) is 18.7. The van der Waals surface area contributed by atoms with Gasteiger partial charge in [0.2, 0.25) is 41.4 Å². The molecular formula is C32H48N8O11. The lowest BCUT2D eigenvalue weighted by Crippen LogP contribution is -2.57. The smallest absolute Gasteiger partial charge is 0.408 e. The standard InChI is InChI=1S/C32H48N8O11/c1-32(2,3)51-31(49)37-16-26(44)38-21(12-15-25(43)36-17-27(45)50-18-19-8-6-5-7-9-19)29(47)40-22(11-14-24(42)35-4)30(48)39-20(28(34)46)10-13-23(33)41/h5-9,20-22H,10-18H2,1-4H3,(H2,33,41)(H2,34,46)(H,35,42)(H,36,43)(H,37,49)(H,38,44)(H,39,48)(H,40,47). The van der Waals surface area contributed by atoms with E-state index >= 15 is 0 Å². The Morgan fingerprint density at radius 2 is 1.24 bits per heavy atom. The van der Waals surface area contributed by atoms with Gasteiger partial charge in [0.1, 0.15) is 43.4 Å². The Balaban J connectivity index is 3.05. The molecule has 51 heavy (non-hydrogen) atoms. The predicted octanol–water partition coefficient (Wildman–Crippen LogP) is -2.12. The Labute approximate surface area is 295 Å². The van der Waals surface area contributed by atoms with E-state index in [-0.39, 0.29) is 38.7 Å². The molecule has 0 heterocycles. The van der Waals surface area contributed by atoms with Crippen LogP contribution in [0, 0.1) is 0 Å². The van der Waals surface area contributed by atoms with Crippen molar-refractivity contribution >= 4 is 53.4 Å². The van der Waals surface area contributed by atoms with Crippen molar-refractivity contribution in [1.82, 2.24) is 31.9 Å². The minimum atomic E-state index is -1.48. The summed E-state index contributed by atoms with van der Waals surface area (Å²) in [6.45, 7) is 3.72. The van der Waals surface area contributed by atoms with Crippen LogP contribution in [-0.4, -0.2) is 97.3 Å². The van der Waals surface area contributed by atoms with E-state index in [9.17, 15) is 43.2 Å². The average Bonchev–Trinajstić information content (AvgIpc) is 3.06. The molecule has 1 rings (SSSR count). The summed E-state index contributed by atoms with van der Waals surface area (Å²) in [6, 6.07) is 4.55. The maximum absolute atomic E-state index is 13.5. The highest BCUT2D eigenvalue weighted by Crippen LogP contribution is 2.07. The van der Waals surface area contributed by atoms with E-state index in [1.54, 1.807) is 51.1 Å². The number of alkyl carbamates (subject to hydrolysis) is 1. The second-order valence-corrected chi connectivity index (χ2v) is 12.2. The molecule has 0 aromatic heterocycles. The Bertz CT molecular complexity index is 1400. The van der Waals surface area contributed by atoms with Crippen molar-refractivity contribution in [3.05, 3.63) is 35.9 Å². The summed E-state index contributed by atoms with van der Waals surface area (Å²) < 4.78 is 10.2. The number of hydrogen-bond acceptors (Lipinski definition) is 11. The quantitative estimate of drug-likeness (QED) is 0.0635. The summed E-state index contributed by atoms with van der Waals surface area (Å²) in [5, 5.41) is 14.1. The van der Waals surface area contributed by atoms with Gasteiger partial charge in [-0.2, -0.15) is 0 Å². The SMILES string of the molecule is CNC(=O)CCC(NC(=O)C(CCC(=O)NCC(=O)OCc1ccccc1)NC(=O)CNC(=O)OC(C)(C)C)C(=O)NC(CCC(N)=O)C(N)=O. The molecule has 0 aliphatic heterocycles. The Morgan fingerprint density at radius 1 is 0.686 bits per heavy atom. The highest BCUT2D eigenvalue weighted by atomic mass is 16.6. The molecule has 0 spiro atoms. The molecule has 0 saturated carbocycles. The second kappa shape index (κ2) is 22.1. The van der Waals surface area contributed by atoms with Crippen LogP contribution in [0.25, 0.3) is 0 Å². The first kappa shape index (κ1) is 43.3. The van der Waals surface area contributed by atoms with Gasteiger partial charge < -0.3 is 52.8 Å². The minimum Gasteiger partial charge on any atom is -0.460 e. The summed E-state index contributed by atoms with van der Waals surface area (Å²) >= 11 is 0. The monoisotopic (exact) mass is 720 g/mol. The number of carbonyl (C=O) groups excluding carboxylic acids is 9. The van der Waals surface area contributed by atoms with E-state index in [4.69, 9.17) is 20.9 Å². The van der Waals surface area contributed by atoms with E-state index in [0.717, 1.165) is 5.56 Å². The van der Waals surface area contributed by atoms with E-state index in [1.165, 1.54) is 7.05 Å². The number of primary amides is 2. The zero-order valence-corrected chi connectivity index (χ0v) is 29.1. The van der Waals surface area contributed by atoms with E-state index in [2.05, 4.69) is 31.9 Å². The van der Waals surface area contributed by atoms with Crippen LogP contribution in [0.1, 0.15) is 64.9 Å². The molecule has 19 heteroatoms. The largest absolute Gasteiger partial charge is 0.460 e. The van der Waals surface area contributed by atoms with Crippen LogP contribution in [-0.2, 0) is 54.4 Å². The van der Waals surface area contributed by atoms with Crippen molar-refractivity contribution in [2.24, 2.45) is 11.5 Å². The highest BCUT2D eigenvalue weighted by molar-refractivity contribution is 5.95. The fraction of sp³-hybridized carbons (Fsp3) is 0.531. The third-order valence-electron chi connectivity index (χ3n) is 6.69. The molecule has 1 aromatic rings. The van der Waals surface area contributed by atoms with Gasteiger partial charge >= 0.3 is 12.1 Å². The molecule has 19 nitrogen and oxygen atoms in total. The lowest BCUT2D eigenvalue weighted by atomic mass is 10.1. The maximum atomic E-state index is 13.5. The van der Waals surface area contributed by atoms with Gasteiger partial charge in [0, 0.05) is 26.3 Å². The molecule has 1 aromatic carbocycles. The second-order valence-electron chi connectivity index (χ2n) is 12.2. The topological polar surface area (TPSA) is 296 Å². The number of benzene rings is 1. The number of esters is 1. The van der Waals surface area contributed by atoms with Crippen molar-refractivity contribution in [3.8, 4) is 0 Å². The first-order valence-corrected chi connectivity index (χ1v) is 16.0. The van der Waals surface area contributed by atoms with Crippen molar-refractivity contribution in [3.63, 3.8) is 0 Å². The summed E-state index contributed by atoms with van der Waals surface area (Å²) in [7, 11) is 1.36. The number of rotatable bonds is 21. The lowest BCUT2D eigenvalue weighted by Gasteiger charge is -2.25. The number of carbonyl (C=O) groups is 9. The van der Waals surface area contributed by atoms with Gasteiger partial charge in [0.25, 0.3) is 0 Å². The van der Waals surface area contributed by atoms with Gasteiger partial charge in [-0.05, 0) is 45.6 Å². The third kappa shape index (κ3) is 19.7. The van der Waals surface area contributed by atoms with Gasteiger partial charge in [-0.3, -0.25) is 38.4 Å². The fourth-order valence-electron chi connectivity index (χ4n) is 4.09. The number of nitrogens with two attached hydrogens (primary N) is 2. The van der Waals surface area contributed by atoms with E-state index < -0.39 is 96.6 Å². The zero-order valence-electron chi connectivity index (χ0n) is 29.1. The number of nitrogens with one attached hydrogen (secondary N) is 6. The maximum Gasteiger partial charge on any atom is 0.408 e. The van der Waals surface area contributed by atoms with E-state index in [1.807, 2.05) is 0 Å². The van der Waals surface area contributed by atoms with Gasteiger partial charge in [0.15, 0.2) is 0 Å². The molecule has 3 unspecified atom stereocenters. The molecule has 0 bridgehead atoms. The van der Waals surface area contributed by atoms with Crippen LogP contribution in [0.5, 0.6) is 0 Å². The third-order valence-corrected chi connectivity index (χ3v) is 6.69. The first-order chi connectivity index (χ1) is 23.9. The molecule has 8 amide bonds. The molecule has 0 saturated heterocycles. The fourth-order valence-corrected chi connectivity index (χ4v) is 4.09. The molecular weight excluding hydrogens is 672 g/mol. The Morgan fingerprint density at radius 3 is 1.78 bits per heavy atom. The molecule has 0 fully saturated rings. The van der Waals surface area contributed by atoms with Gasteiger partial charge in [-0.25, -0.2) is 4.79 Å². The number of ether oxygens (including phenoxy) is 2. The zero-order chi connectivity index (χ0) is 38.6. The number of amides is 8. The van der Waals surface area contributed by atoms with Gasteiger partial charge in [-0.1, -0.05) is 30.3 Å². The summed E-state index contributed by atoms with van der Waals surface area (Å²) in [6.07, 6.45) is -2.70. The van der Waals surface area contributed by atoms with Crippen molar-refractivity contribution < 1.29 is 52.6 Å². The van der Waals surface area contributed by atoms with E-state index in [0.29, 0.717) is 0 Å². The van der Waals surface area contributed by atoms with Crippen LogP contribution in [0.3, 0.4) is 0 Å². The summed E-state index contributed by atoms with van der Waals surface area (Å²) in [5.74, 6) is -6.41. The van der Waals surface area contributed by atoms with Crippen molar-refractivity contribution in [2.75, 3.05) is 20.1 Å². The van der Waals surface area contributed by atoms with Crippen LogP contribution in [0.4, 0.5) is 4.79 Å². The lowest BCUT2D eigenvalue weighted by molar-refractivity contribution is -0.145. The van der Waals surface area contributed by atoms with Gasteiger partial charge in [0.05, 0.1) is 0 Å². The summed E-state index contributed by atoms with van der Waals surface area (Å²) in [4.78, 5) is 111. The van der Waals surface area contributed by atoms with Crippen LogP contribution >= 0.6 is 0 Å². The molecule has 10 N–H and O–H groups in total. The normalized spacial score (nSPS) is 12.5. The Hall–Kier alpha value is -5.75. The van der Waals surface area contributed by atoms with Crippen molar-refractivity contribution in [1.29, 1.82) is 0 Å². The van der Waals surface area contributed by atoms with Crippen LogP contribution < -0.4 is 43.4 Å². The summed E-state index contributed by atoms with van der Waals surface area (Å²) in [5.41, 5.74) is 10.4. The van der Waals surface area contributed by atoms with Crippen molar-refractivity contribution in [2.45, 2.75) is 89.6 Å².